The summed E-state index contributed by atoms with van der Waals surface area (Å²) in [5, 5.41) is 0.405. The highest BCUT2D eigenvalue weighted by Gasteiger charge is 2.26. The molecule has 2 rings (SSSR count). The highest BCUT2D eigenvalue weighted by Crippen LogP contribution is 2.24. The lowest BCUT2D eigenvalue weighted by Gasteiger charge is -2.33. The highest BCUT2D eigenvalue weighted by atomic mass is 35.5. The van der Waals surface area contributed by atoms with Crippen molar-refractivity contribution in [2.24, 2.45) is 5.73 Å². The molecule has 1 heterocycles. The van der Waals surface area contributed by atoms with Gasteiger partial charge in [-0.1, -0.05) is 11.6 Å². The molecule has 0 bridgehead atoms. The topological polar surface area (TPSA) is 59.2 Å². The second kappa shape index (κ2) is 5.67. The number of carbonyl (C=O) groups excluding carboxylic acids is 1. The summed E-state index contributed by atoms with van der Waals surface area (Å²) in [6.07, 6.45) is 6.97. The fourth-order valence-corrected chi connectivity index (χ4v) is 2.59. The minimum Gasteiger partial charge on any atom is -0.339 e. The van der Waals surface area contributed by atoms with Gasteiger partial charge in [0.25, 0.3) is 5.91 Å². The van der Waals surface area contributed by atoms with E-state index in [0.717, 1.165) is 25.7 Å². The van der Waals surface area contributed by atoms with Crippen LogP contribution in [0.4, 0.5) is 0 Å². The quantitative estimate of drug-likeness (QED) is 0.892. The molecule has 1 aliphatic rings. The number of nitrogens with zero attached hydrogens (tertiary/aromatic N) is 2. The first kappa shape index (κ1) is 13.3. The number of nitrogens with two attached hydrogens (primary N) is 1. The van der Waals surface area contributed by atoms with E-state index in [4.69, 9.17) is 17.3 Å². The van der Waals surface area contributed by atoms with Crippen molar-refractivity contribution >= 4 is 17.5 Å². The van der Waals surface area contributed by atoms with Crippen LogP contribution in [0.15, 0.2) is 18.5 Å². The zero-order valence-electron chi connectivity index (χ0n) is 10.5. The first-order valence-corrected chi connectivity index (χ1v) is 6.59. The number of hydrogen-bond acceptors (Lipinski definition) is 3. The lowest BCUT2D eigenvalue weighted by molar-refractivity contribution is 0.0690. The molecule has 0 aromatic carbocycles. The van der Waals surface area contributed by atoms with Crippen molar-refractivity contribution in [3.8, 4) is 0 Å². The monoisotopic (exact) mass is 267 g/mol. The maximum Gasteiger partial charge on any atom is 0.255 e. The maximum atomic E-state index is 12.3. The Bertz CT molecular complexity index is 430. The Morgan fingerprint density at radius 3 is 2.72 bits per heavy atom. The number of rotatable bonds is 2. The van der Waals surface area contributed by atoms with Crippen molar-refractivity contribution < 1.29 is 4.79 Å². The Kier molecular flexibility index (Phi) is 4.19. The summed E-state index contributed by atoms with van der Waals surface area (Å²) in [7, 11) is 1.83. The predicted octanol–water partition coefficient (Wildman–Crippen LogP) is 2.08. The van der Waals surface area contributed by atoms with E-state index in [2.05, 4.69) is 4.98 Å². The van der Waals surface area contributed by atoms with E-state index in [1.54, 1.807) is 17.2 Å². The first-order chi connectivity index (χ1) is 8.59. The van der Waals surface area contributed by atoms with Crippen LogP contribution in [0.1, 0.15) is 36.0 Å². The minimum atomic E-state index is -0.0390. The standard InChI is InChI=1S/C13H18ClN3O/c1-17(10-4-2-9(15)3-5-10)13(18)11-6-7-16-8-12(11)14/h6-10H,2-5,15H2,1H3. The Labute approximate surface area is 112 Å². The number of hydrogen-bond donors (Lipinski definition) is 1. The molecule has 18 heavy (non-hydrogen) atoms. The van der Waals surface area contributed by atoms with E-state index in [1.807, 2.05) is 7.05 Å². The predicted molar refractivity (Wildman–Crippen MR) is 71.6 cm³/mol. The van der Waals surface area contributed by atoms with Crippen LogP contribution in [0.25, 0.3) is 0 Å². The first-order valence-electron chi connectivity index (χ1n) is 6.22. The molecule has 0 radical (unpaired) electrons. The van der Waals surface area contributed by atoms with E-state index in [0.29, 0.717) is 10.6 Å². The van der Waals surface area contributed by atoms with Crippen LogP contribution in [-0.4, -0.2) is 34.9 Å². The smallest absolute Gasteiger partial charge is 0.255 e. The van der Waals surface area contributed by atoms with Gasteiger partial charge in [0.05, 0.1) is 10.6 Å². The van der Waals surface area contributed by atoms with E-state index in [1.165, 1.54) is 6.20 Å². The van der Waals surface area contributed by atoms with Crippen LogP contribution in [0.5, 0.6) is 0 Å². The normalized spacial score (nSPS) is 23.7. The van der Waals surface area contributed by atoms with Gasteiger partial charge in [0, 0.05) is 31.5 Å². The van der Waals surface area contributed by atoms with Gasteiger partial charge < -0.3 is 10.6 Å². The Balaban J connectivity index is 2.07. The average molecular weight is 268 g/mol. The van der Waals surface area contributed by atoms with Gasteiger partial charge in [-0.3, -0.25) is 9.78 Å². The van der Waals surface area contributed by atoms with Crippen molar-refractivity contribution in [3.05, 3.63) is 29.0 Å². The molecule has 2 N–H and O–H groups in total. The van der Waals surface area contributed by atoms with Gasteiger partial charge in [-0.25, -0.2) is 0 Å². The van der Waals surface area contributed by atoms with E-state index in [-0.39, 0.29) is 18.0 Å². The lowest BCUT2D eigenvalue weighted by Crippen LogP contribution is -2.41. The fourth-order valence-electron chi connectivity index (χ4n) is 2.39. The van der Waals surface area contributed by atoms with Gasteiger partial charge in [0.2, 0.25) is 0 Å². The van der Waals surface area contributed by atoms with Crippen LogP contribution >= 0.6 is 11.6 Å². The summed E-state index contributed by atoms with van der Waals surface area (Å²) < 4.78 is 0. The summed E-state index contributed by atoms with van der Waals surface area (Å²) in [5.41, 5.74) is 6.39. The Morgan fingerprint density at radius 2 is 2.11 bits per heavy atom. The number of carbonyl (C=O) groups is 1. The molecule has 1 aliphatic carbocycles. The fraction of sp³-hybridized carbons (Fsp3) is 0.538. The molecule has 0 atom stereocenters. The molecule has 0 saturated heterocycles. The van der Waals surface area contributed by atoms with E-state index in [9.17, 15) is 4.79 Å². The molecule has 1 aromatic rings. The maximum absolute atomic E-state index is 12.3. The molecule has 98 valence electrons. The molecule has 1 saturated carbocycles. The zero-order valence-corrected chi connectivity index (χ0v) is 11.2. The number of amides is 1. The number of halogens is 1. The average Bonchev–Trinajstić information content (AvgIpc) is 2.38. The molecule has 5 heteroatoms. The third-order valence-corrected chi connectivity index (χ3v) is 3.91. The van der Waals surface area contributed by atoms with Crippen molar-refractivity contribution in [2.45, 2.75) is 37.8 Å². The Hall–Kier alpha value is -1.13. The molecule has 1 aromatic heterocycles. The van der Waals surface area contributed by atoms with Crippen LogP contribution in [0.3, 0.4) is 0 Å². The highest BCUT2D eigenvalue weighted by molar-refractivity contribution is 6.33. The number of aromatic nitrogens is 1. The van der Waals surface area contributed by atoms with E-state index >= 15 is 0 Å². The molecular weight excluding hydrogens is 250 g/mol. The van der Waals surface area contributed by atoms with Crippen molar-refractivity contribution in [1.82, 2.24) is 9.88 Å². The summed E-state index contributed by atoms with van der Waals surface area (Å²) in [6.45, 7) is 0. The van der Waals surface area contributed by atoms with Gasteiger partial charge in [-0.05, 0) is 31.7 Å². The van der Waals surface area contributed by atoms with Gasteiger partial charge in [0.1, 0.15) is 0 Å². The summed E-state index contributed by atoms with van der Waals surface area (Å²) in [6, 6.07) is 2.21. The molecule has 1 fully saturated rings. The second-order valence-electron chi connectivity index (χ2n) is 4.84. The molecule has 4 nitrogen and oxygen atoms in total. The van der Waals surface area contributed by atoms with Crippen molar-refractivity contribution in [2.75, 3.05) is 7.05 Å². The van der Waals surface area contributed by atoms with Crippen LogP contribution < -0.4 is 5.73 Å². The summed E-state index contributed by atoms with van der Waals surface area (Å²) >= 11 is 6.00. The second-order valence-corrected chi connectivity index (χ2v) is 5.25. The lowest BCUT2D eigenvalue weighted by atomic mass is 9.91. The summed E-state index contributed by atoms with van der Waals surface area (Å²) in [4.78, 5) is 18.0. The minimum absolute atomic E-state index is 0.0390. The molecule has 0 aliphatic heterocycles. The SMILES string of the molecule is CN(C(=O)c1ccncc1Cl)C1CCC(N)CC1. The van der Waals surface area contributed by atoms with Gasteiger partial charge in [0.15, 0.2) is 0 Å². The largest absolute Gasteiger partial charge is 0.339 e. The van der Waals surface area contributed by atoms with Crippen molar-refractivity contribution in [3.63, 3.8) is 0 Å². The van der Waals surface area contributed by atoms with Crippen molar-refractivity contribution in [1.29, 1.82) is 0 Å². The molecule has 0 unspecified atom stereocenters. The van der Waals surface area contributed by atoms with Gasteiger partial charge in [-0.2, -0.15) is 0 Å². The molecule has 1 amide bonds. The molecular formula is C13H18ClN3O. The zero-order chi connectivity index (χ0) is 13.1. The van der Waals surface area contributed by atoms with Crippen LogP contribution in [0, 0.1) is 0 Å². The van der Waals surface area contributed by atoms with Crippen LogP contribution in [0.2, 0.25) is 5.02 Å². The summed E-state index contributed by atoms with van der Waals surface area (Å²) in [5.74, 6) is -0.0390. The van der Waals surface area contributed by atoms with Gasteiger partial charge >= 0.3 is 0 Å². The third kappa shape index (κ3) is 2.82. The Morgan fingerprint density at radius 1 is 1.44 bits per heavy atom. The van der Waals surface area contributed by atoms with Gasteiger partial charge in [-0.15, -0.1) is 0 Å². The third-order valence-electron chi connectivity index (χ3n) is 3.61. The van der Waals surface area contributed by atoms with Crippen LogP contribution in [-0.2, 0) is 0 Å². The number of pyridine rings is 1. The van der Waals surface area contributed by atoms with E-state index < -0.39 is 0 Å². The molecule has 0 spiro atoms.